The van der Waals surface area contributed by atoms with E-state index in [1.807, 2.05) is 6.07 Å². The van der Waals surface area contributed by atoms with Gasteiger partial charge in [-0.2, -0.15) is 36.7 Å². The molecule has 0 aliphatic heterocycles. The van der Waals surface area contributed by atoms with Crippen LogP contribution in [0.3, 0.4) is 0 Å². The summed E-state index contributed by atoms with van der Waals surface area (Å²) < 4.78 is 177. The summed E-state index contributed by atoms with van der Waals surface area (Å²) in [6, 6.07) is 16.0. The molecule has 1 unspecified atom stereocenters. The van der Waals surface area contributed by atoms with Crippen molar-refractivity contribution in [3.63, 3.8) is 0 Å². The third-order valence-electron chi connectivity index (χ3n) is 9.31. The summed E-state index contributed by atoms with van der Waals surface area (Å²) in [5, 5.41) is 13.8. The lowest BCUT2D eigenvalue weighted by Crippen LogP contribution is -2.26. The van der Waals surface area contributed by atoms with Crippen LogP contribution in [-0.4, -0.2) is 30.3 Å². The molecule has 1 fully saturated rings. The Morgan fingerprint density at radius 1 is 0.873 bits per heavy atom. The lowest BCUT2D eigenvalue weighted by Gasteiger charge is -2.12. The van der Waals surface area contributed by atoms with Gasteiger partial charge in [-0.15, -0.1) is 13.2 Å². The molecule has 0 bridgehead atoms. The largest absolute Gasteiger partial charge is 0.573 e. The van der Waals surface area contributed by atoms with Gasteiger partial charge in [0.1, 0.15) is 17.4 Å². The number of esters is 1. The molecule has 2 amide bonds. The number of nitrogens with one attached hydrogen (secondary N) is 2. The summed E-state index contributed by atoms with van der Waals surface area (Å²) in [4.78, 5) is 24.4. The predicted octanol–water partition coefficient (Wildman–Crippen LogP) is 11.8. The summed E-state index contributed by atoms with van der Waals surface area (Å²) in [5.41, 5.74) is -0.341. The molecular weight excluding hydrogens is 895 g/mol. The Labute approximate surface area is 353 Å². The van der Waals surface area contributed by atoms with E-state index in [0.29, 0.717) is 17.2 Å². The van der Waals surface area contributed by atoms with E-state index in [0.717, 1.165) is 43.3 Å². The van der Waals surface area contributed by atoms with Crippen LogP contribution in [0.2, 0.25) is 0 Å². The highest BCUT2D eigenvalue weighted by Crippen LogP contribution is 2.60. The number of nitrogens with zero attached hydrogens (tertiary/aromatic N) is 2. The van der Waals surface area contributed by atoms with Crippen molar-refractivity contribution in [3.8, 4) is 11.8 Å². The molecule has 0 spiro atoms. The number of alkyl halides is 9. The number of halogens is 14. The van der Waals surface area contributed by atoms with E-state index in [2.05, 4.69) is 20.6 Å². The maximum absolute atomic E-state index is 13.8. The molecule has 0 radical (unpaired) electrons. The lowest BCUT2D eigenvalue weighted by molar-refractivity contribution is -0.274. The quantitative estimate of drug-likeness (QED) is 0.0541. The second kappa shape index (κ2) is 19.4. The Kier molecular flexibility index (Phi) is 15.2. The number of anilines is 1. The first-order valence-electron chi connectivity index (χ1n) is 17.7. The molecule has 4 aromatic rings. The Morgan fingerprint density at radius 2 is 1.46 bits per heavy atom. The normalized spacial score (nSPS) is 16.3. The van der Waals surface area contributed by atoms with Crippen LogP contribution in [-0.2, 0) is 28.7 Å². The summed E-state index contributed by atoms with van der Waals surface area (Å²) in [7, 11) is 0. The van der Waals surface area contributed by atoms with Gasteiger partial charge < -0.3 is 14.8 Å². The van der Waals surface area contributed by atoms with Crippen LogP contribution in [0.15, 0.2) is 89.0 Å². The van der Waals surface area contributed by atoms with Gasteiger partial charge in [-0.3, -0.25) is 4.79 Å². The Bertz CT molecular complexity index is 2400. The van der Waals surface area contributed by atoms with Crippen LogP contribution in [0.4, 0.5) is 67.6 Å². The summed E-state index contributed by atoms with van der Waals surface area (Å²) in [6.45, 7) is 2.68. The molecule has 2 atom stereocenters. The number of ether oxygens (including phenoxy) is 2. The molecule has 0 heterocycles. The average Bonchev–Trinajstić information content (AvgIpc) is 3.76. The van der Waals surface area contributed by atoms with Crippen molar-refractivity contribution in [3.05, 3.63) is 141 Å². The van der Waals surface area contributed by atoms with Crippen LogP contribution in [0.5, 0.6) is 5.75 Å². The molecule has 2 N–H and O–H groups in total. The van der Waals surface area contributed by atoms with Gasteiger partial charge in [0, 0.05) is 17.7 Å². The third-order valence-corrected chi connectivity index (χ3v) is 9.65. The first kappa shape index (κ1) is 49.4. The van der Waals surface area contributed by atoms with Gasteiger partial charge in [-0.1, -0.05) is 55.8 Å². The zero-order valence-electron chi connectivity index (χ0n) is 32.4. The number of carbonyl (C=O) groups is 2. The average molecular weight is 925 g/mol. The number of amides is 2. The zero-order valence-corrected chi connectivity index (χ0v) is 33.1. The van der Waals surface area contributed by atoms with E-state index >= 15 is 0 Å². The van der Waals surface area contributed by atoms with Crippen molar-refractivity contribution in [2.24, 2.45) is 22.4 Å². The van der Waals surface area contributed by atoms with Crippen LogP contribution < -0.4 is 15.5 Å². The number of urea groups is 1. The predicted molar refractivity (Wildman–Crippen MR) is 200 cm³/mol. The number of nitriles is 1. The number of carbonyl (C=O) groups excluding carboxylic acids is 2. The van der Waals surface area contributed by atoms with Gasteiger partial charge >= 0.3 is 30.7 Å². The molecule has 5 rings (SSSR count). The number of benzene rings is 4. The molecule has 0 aromatic heterocycles. The van der Waals surface area contributed by atoms with Gasteiger partial charge in [0.25, 0.3) is 0 Å². The van der Waals surface area contributed by atoms with Gasteiger partial charge in [0.05, 0.1) is 34.4 Å². The highest BCUT2D eigenvalue weighted by Gasteiger charge is 2.62. The minimum atomic E-state index is -4.87. The Morgan fingerprint density at radius 3 is 1.98 bits per heavy atom. The van der Waals surface area contributed by atoms with Crippen molar-refractivity contribution < 1.29 is 76.1 Å². The van der Waals surface area contributed by atoms with Crippen LogP contribution in [0.25, 0.3) is 0 Å². The third kappa shape index (κ3) is 13.1. The number of rotatable bonds is 10. The van der Waals surface area contributed by atoms with Crippen molar-refractivity contribution >= 4 is 35.0 Å². The number of hydrogen-bond acceptors (Lipinski definition) is 6. The first-order chi connectivity index (χ1) is 29.1. The topological polar surface area (TPSA) is 113 Å². The molecule has 0 saturated heterocycles. The van der Waals surface area contributed by atoms with Crippen LogP contribution in [0, 0.1) is 58.8 Å². The van der Waals surface area contributed by atoms with Gasteiger partial charge in [0.2, 0.25) is 0 Å². The summed E-state index contributed by atoms with van der Waals surface area (Å²) >= 11 is 5.15. The van der Waals surface area contributed by atoms with Gasteiger partial charge in [-0.05, 0) is 77.9 Å². The molecule has 1 saturated carbocycles. The van der Waals surface area contributed by atoms with E-state index in [9.17, 15) is 66.7 Å². The van der Waals surface area contributed by atoms with Crippen molar-refractivity contribution in [2.75, 3.05) is 5.32 Å². The van der Waals surface area contributed by atoms with E-state index in [-0.39, 0.29) is 23.4 Å². The van der Waals surface area contributed by atoms with Crippen molar-refractivity contribution in [2.45, 2.75) is 52.5 Å². The molecular formula is C41H30ClF13N4O4. The standard InChI is InChI=1S/C24H16F6N4O2.C17H14ClF7O2/c25-23(26,27)18-3-1-2-17(13-18)21(12-15-4-6-16(14-31)7-5-15)33-34-22(35)32-19-8-10-20(11-9-19)36-24(28,29)30;1-6-11(19)13(21)7(14(22)12(6)20)5-27-15(26)10-8(16(10,2)3)4-9(18)17(23,24)25/h1-11,13H,12H2,(H2,32,34,35);4,8,10H,5H2,1-3H3/b33-21-;/t;8?,10-/m.0/s1. The maximum atomic E-state index is 13.8. The smallest absolute Gasteiger partial charge is 0.460 e. The maximum Gasteiger partial charge on any atom is 0.573 e. The van der Waals surface area contributed by atoms with Gasteiger partial charge in [0.15, 0.2) is 23.3 Å². The fraction of sp³-hybridized carbons (Fsp3) is 0.268. The minimum Gasteiger partial charge on any atom is -0.460 e. The minimum absolute atomic E-state index is 0.0246. The van der Waals surface area contributed by atoms with Gasteiger partial charge in [-0.25, -0.2) is 27.8 Å². The Hall–Kier alpha value is -6.30. The van der Waals surface area contributed by atoms with Crippen molar-refractivity contribution in [1.29, 1.82) is 5.26 Å². The van der Waals surface area contributed by atoms with E-state index < -0.39 is 105 Å². The lowest BCUT2D eigenvalue weighted by atomic mass is 9.99. The number of hydrogen-bond donors (Lipinski definition) is 2. The monoisotopic (exact) mass is 924 g/mol. The summed E-state index contributed by atoms with van der Waals surface area (Å²) in [5.74, 6) is -10.2. The molecule has 336 valence electrons. The van der Waals surface area contributed by atoms with E-state index in [1.165, 1.54) is 38.1 Å². The van der Waals surface area contributed by atoms with Crippen molar-refractivity contribution in [1.82, 2.24) is 5.43 Å². The van der Waals surface area contributed by atoms with E-state index in [1.54, 1.807) is 12.1 Å². The fourth-order valence-corrected chi connectivity index (χ4v) is 5.96. The molecule has 8 nitrogen and oxygen atoms in total. The molecule has 4 aromatic carbocycles. The van der Waals surface area contributed by atoms with Crippen LogP contribution >= 0.6 is 11.6 Å². The zero-order chi connectivity index (χ0) is 47.2. The first-order valence-corrected chi connectivity index (χ1v) is 18.1. The molecule has 1 aliphatic rings. The highest BCUT2D eigenvalue weighted by atomic mass is 35.5. The second-order valence-electron chi connectivity index (χ2n) is 14.1. The Balaban J connectivity index is 0.000000288. The highest BCUT2D eigenvalue weighted by molar-refractivity contribution is 6.30. The number of hydrazone groups is 1. The number of allylic oxidation sites excluding steroid dienone is 2. The fourth-order valence-electron chi connectivity index (χ4n) is 5.83. The second-order valence-corrected chi connectivity index (χ2v) is 14.5. The molecule has 22 heteroatoms. The van der Waals surface area contributed by atoms with E-state index in [4.69, 9.17) is 21.6 Å². The summed E-state index contributed by atoms with van der Waals surface area (Å²) in [6.07, 6.45) is -13.5. The molecule has 1 aliphatic carbocycles. The SMILES string of the molecule is Cc1c(F)c(F)c(COC(=O)[C@@H]2C(C=C(Cl)C(F)(F)F)C2(C)C)c(F)c1F.N#Cc1ccc(C/C(=N/NC(=O)Nc2ccc(OC(F)(F)F)cc2)c2cccc(C(F)(F)F)c2)cc1. The van der Waals surface area contributed by atoms with Crippen LogP contribution in [0.1, 0.15) is 47.2 Å². The molecule has 63 heavy (non-hydrogen) atoms.